The summed E-state index contributed by atoms with van der Waals surface area (Å²) in [6, 6.07) is 9.33. The predicted octanol–water partition coefficient (Wildman–Crippen LogP) is 13.1. The van der Waals surface area contributed by atoms with Crippen molar-refractivity contribution < 1.29 is 112 Å². The number of aliphatic hydroxyl groups is 3. The van der Waals surface area contributed by atoms with Crippen LogP contribution in [-0.4, -0.2) is 245 Å². The van der Waals surface area contributed by atoms with Gasteiger partial charge in [-0.15, -0.1) is 0 Å². The monoisotopic (exact) mass is 1380 g/mol. The highest BCUT2D eigenvalue weighted by Crippen LogP contribution is 2.43. The van der Waals surface area contributed by atoms with Crippen LogP contribution in [0.5, 0.6) is 0 Å². The second-order valence-corrected chi connectivity index (χ2v) is 44.5. The molecule has 0 spiro atoms. The number of methoxy groups -OCH3 is 1. The largest absolute Gasteiger partial charge is 0.396 e. The summed E-state index contributed by atoms with van der Waals surface area (Å²) in [7, 11) is -19.6. The number of ether oxygens (including phenoxy) is 3. The molecule has 508 valence electrons. The summed E-state index contributed by atoms with van der Waals surface area (Å²) in [6.07, 6.45) is 3.55. The maximum Gasteiger partial charge on any atom is 0.202 e. The van der Waals surface area contributed by atoms with E-state index in [9.17, 15) is 41.1 Å². The molecule has 0 radical (unpaired) electrons. The van der Waals surface area contributed by atoms with Crippen LogP contribution in [-0.2, 0) is 97.6 Å². The molecule has 1 rings (SSSR count). The van der Waals surface area contributed by atoms with Gasteiger partial charge in [0.25, 0.3) is 0 Å². The summed E-state index contributed by atoms with van der Waals surface area (Å²) >= 11 is 0. The van der Waals surface area contributed by atoms with Gasteiger partial charge < -0.3 is 70.6 Å². The molecule has 1 aromatic carbocycles. The Morgan fingerprint density at radius 3 is 1.06 bits per heavy atom. The highest BCUT2D eigenvalue weighted by molar-refractivity contribution is 7.59. The molecule has 2 unspecified atom stereocenters. The van der Waals surface area contributed by atoms with E-state index in [4.69, 9.17) is 70.6 Å². The standard InChI is InChI=1S/C8H11O2P.C6H15O4P.C6H15O3P.C6H15O2P.C5H13O4P.C5H13O3P.2C5H13O2P.C4H11O2P/c1-11(9,10)7-8-5-3-2-4-6-8;1-11(2,8)10-6-5-9-4-3-7;1-4-8-5-6-9-10(2,3)7;1-4-5-6-8-9(2,3)7;1-10(8,5-3-7)9-4-2-6;1-7-4-5-8-9(2,3)6;1-5(2)7-8(3,4)6;1-4-5-7-8(2,3)6;1-4-6-7(2,3)5/h2-6H,7H2,1H3,(H,9,10);7H,3-6H2,1-2H3;4-6H2,1-3H3;4-6H2,1-3H3;6-7H,2-5H2,1H3;4-5H2,1-3H3;5H,1-4H3;4-5H2,1-3H3;4H2,1-3H3. The summed E-state index contributed by atoms with van der Waals surface area (Å²) in [5, 5.41) is 25.0. The van der Waals surface area contributed by atoms with Crippen LogP contribution in [0, 0.1) is 0 Å². The van der Waals surface area contributed by atoms with Crippen molar-refractivity contribution in [3.05, 3.63) is 35.9 Å². The van der Waals surface area contributed by atoms with Crippen molar-refractivity contribution in [3.8, 4) is 0 Å². The smallest absolute Gasteiger partial charge is 0.202 e. The molecule has 0 heterocycles. The van der Waals surface area contributed by atoms with Gasteiger partial charge >= 0.3 is 0 Å². The lowest BCUT2D eigenvalue weighted by molar-refractivity contribution is 0.0715. The Morgan fingerprint density at radius 2 is 0.795 bits per heavy atom. The number of aliphatic hydroxyl groups excluding tert-OH is 3. The van der Waals surface area contributed by atoms with Crippen LogP contribution in [0.25, 0.3) is 0 Å². The number of unbranched alkanes of at least 4 members (excludes halogenated alkanes) is 1. The molecular weight excluding hydrogens is 1260 g/mol. The SMILES string of the molecule is CC(C)OP(C)(C)=O.CCCCOP(C)(C)=O.CCCOP(C)(C)=O.CCOCCOP(C)(C)=O.CCOP(C)(C)=O.COCCOP(C)(C)=O.CP(=O)(CCO)OCCO.CP(=O)(O)Cc1ccccc1.CP(C)(=O)OCCOCCO. The van der Waals surface area contributed by atoms with Crippen LogP contribution < -0.4 is 0 Å². The summed E-state index contributed by atoms with van der Waals surface area (Å²) in [5.74, 6) is 0. The molecule has 0 aliphatic heterocycles. The molecule has 0 aliphatic carbocycles. The zero-order chi connectivity index (χ0) is 67.1. The lowest BCUT2D eigenvalue weighted by Crippen LogP contribution is -2.05. The summed E-state index contributed by atoms with van der Waals surface area (Å²) in [6.45, 7) is 42.0. The Labute approximate surface area is 503 Å². The fraction of sp³-hybridized carbons (Fsp3) is 0.880. The Bertz CT molecular complexity index is 1990. The van der Waals surface area contributed by atoms with Gasteiger partial charge in [-0.3, -0.25) is 41.1 Å². The summed E-state index contributed by atoms with van der Waals surface area (Å²) in [5.41, 5.74) is 0.917. The van der Waals surface area contributed by atoms with Crippen LogP contribution in [0.15, 0.2) is 30.3 Å². The van der Waals surface area contributed by atoms with Crippen molar-refractivity contribution in [2.45, 2.75) is 73.1 Å². The van der Waals surface area contributed by atoms with E-state index in [1.165, 1.54) is 13.3 Å². The second kappa shape index (κ2) is 59.0. The first-order chi connectivity index (χ1) is 37.5. The molecule has 0 amide bonds. The van der Waals surface area contributed by atoms with Crippen LogP contribution in [0.3, 0.4) is 0 Å². The van der Waals surface area contributed by atoms with Gasteiger partial charge in [-0.1, -0.05) is 50.6 Å². The molecular formula is C50H119O24P9. The minimum atomic E-state index is -2.89. The van der Waals surface area contributed by atoms with Gasteiger partial charge in [-0.25, -0.2) is 0 Å². The van der Waals surface area contributed by atoms with Crippen molar-refractivity contribution in [1.82, 2.24) is 0 Å². The van der Waals surface area contributed by atoms with E-state index < -0.39 is 66.3 Å². The Balaban J connectivity index is -0.000000128. The first-order valence-corrected chi connectivity index (χ1v) is 49.1. The van der Waals surface area contributed by atoms with Gasteiger partial charge in [0.1, 0.15) is 0 Å². The second-order valence-electron chi connectivity index (χ2n) is 20.1. The summed E-state index contributed by atoms with van der Waals surface area (Å²) in [4.78, 5) is 9.03. The van der Waals surface area contributed by atoms with E-state index in [0.717, 1.165) is 24.8 Å². The van der Waals surface area contributed by atoms with Crippen molar-refractivity contribution in [1.29, 1.82) is 0 Å². The van der Waals surface area contributed by atoms with Crippen LogP contribution in [0.2, 0.25) is 0 Å². The molecule has 0 bridgehead atoms. The number of hydrogen-bond donors (Lipinski definition) is 4. The average Bonchev–Trinajstić information content (AvgIpc) is 3.28. The Kier molecular flexibility index (Phi) is 71.0. The number of rotatable bonds is 33. The molecule has 4 N–H and O–H groups in total. The van der Waals surface area contributed by atoms with Crippen molar-refractivity contribution in [3.63, 3.8) is 0 Å². The van der Waals surface area contributed by atoms with E-state index in [1.807, 2.05) is 65.0 Å². The molecule has 24 nitrogen and oxygen atoms in total. The van der Waals surface area contributed by atoms with Gasteiger partial charge in [0.05, 0.1) is 98.6 Å². The molecule has 0 saturated carbocycles. The zero-order valence-corrected chi connectivity index (χ0v) is 63.1. The predicted molar refractivity (Wildman–Crippen MR) is 350 cm³/mol. The van der Waals surface area contributed by atoms with Gasteiger partial charge in [-0.2, -0.15) is 0 Å². The maximum absolute atomic E-state index is 11.1. The molecule has 2 atom stereocenters. The van der Waals surface area contributed by atoms with Gasteiger partial charge in [-0.05, 0) is 46.1 Å². The molecule has 83 heavy (non-hydrogen) atoms. The minimum absolute atomic E-state index is 0.00983. The van der Waals surface area contributed by atoms with Crippen LogP contribution in [0.4, 0.5) is 0 Å². The lowest BCUT2D eigenvalue weighted by atomic mass is 10.2. The van der Waals surface area contributed by atoms with E-state index in [0.29, 0.717) is 72.7 Å². The maximum atomic E-state index is 11.1. The quantitative estimate of drug-likeness (QED) is 0.0375. The highest BCUT2D eigenvalue weighted by Gasteiger charge is 2.14. The zero-order valence-electron chi connectivity index (χ0n) is 55.1. The molecule has 0 aromatic heterocycles. The number of benzene rings is 1. The van der Waals surface area contributed by atoms with Crippen molar-refractivity contribution in [2.75, 3.05) is 219 Å². The lowest BCUT2D eigenvalue weighted by Gasteiger charge is -2.10. The average molecular weight is 1380 g/mol. The molecule has 0 aliphatic rings. The molecule has 33 heteroatoms. The van der Waals surface area contributed by atoms with Crippen molar-refractivity contribution >= 4 is 66.3 Å². The van der Waals surface area contributed by atoms with Crippen molar-refractivity contribution in [2.24, 2.45) is 0 Å². The van der Waals surface area contributed by atoms with Gasteiger partial charge in [0.2, 0.25) is 14.7 Å². The van der Waals surface area contributed by atoms with E-state index in [1.54, 1.807) is 100 Å². The molecule has 0 saturated heterocycles. The highest BCUT2D eigenvalue weighted by atomic mass is 31.2. The van der Waals surface area contributed by atoms with Gasteiger partial charge in [0, 0.05) is 133 Å². The minimum Gasteiger partial charge on any atom is -0.396 e. The fourth-order valence-corrected chi connectivity index (χ4v) is 10.5. The molecule has 1 aromatic rings. The third kappa shape index (κ3) is 133. The van der Waals surface area contributed by atoms with E-state index in [2.05, 4.69) is 6.92 Å². The van der Waals surface area contributed by atoms with Crippen LogP contribution in [0.1, 0.15) is 66.4 Å². The fourth-order valence-electron chi connectivity index (χ4n) is 4.24. The van der Waals surface area contributed by atoms with Crippen LogP contribution >= 0.6 is 66.3 Å². The van der Waals surface area contributed by atoms with E-state index >= 15 is 0 Å². The Morgan fingerprint density at radius 1 is 0.410 bits per heavy atom. The third-order valence-corrected chi connectivity index (χ3v) is 15.6. The topological polar surface area (TPSA) is 336 Å². The first kappa shape index (κ1) is 99.9. The summed E-state index contributed by atoms with van der Waals surface area (Å²) < 4.78 is 152. The third-order valence-electron chi connectivity index (χ3n) is 7.08. The normalized spacial score (nSPS) is 13.1. The van der Waals surface area contributed by atoms with E-state index in [-0.39, 0.29) is 44.9 Å². The van der Waals surface area contributed by atoms with Gasteiger partial charge in [0.15, 0.2) is 51.6 Å². The first-order valence-electron chi connectivity index (χ1n) is 26.9. The Hall–Kier alpha value is 0.690. The number of hydrogen-bond acceptors (Lipinski definition) is 23. The molecule has 0 fully saturated rings.